The SMILES string of the molecule is CC[C@@H](C)OC(=O)N1CC(S(=O)(=O)N2CCC(c3c[nH]c4ncccc34)CC2)C1. The highest BCUT2D eigenvalue weighted by Gasteiger charge is 2.44. The number of amides is 1. The van der Waals surface area contributed by atoms with E-state index in [0.29, 0.717) is 19.0 Å². The predicted octanol–water partition coefficient (Wildman–Crippen LogP) is 2.69. The molecule has 0 unspecified atom stereocenters. The van der Waals surface area contributed by atoms with Gasteiger partial charge in [-0.25, -0.2) is 22.5 Å². The Labute approximate surface area is 171 Å². The highest BCUT2D eigenvalue weighted by molar-refractivity contribution is 7.89. The van der Waals surface area contributed by atoms with Gasteiger partial charge in [0.2, 0.25) is 10.0 Å². The van der Waals surface area contributed by atoms with Crippen LogP contribution in [0.15, 0.2) is 24.5 Å². The van der Waals surface area contributed by atoms with E-state index in [-0.39, 0.29) is 19.2 Å². The van der Waals surface area contributed by atoms with E-state index >= 15 is 0 Å². The molecule has 1 atom stereocenters. The number of hydrogen-bond donors (Lipinski definition) is 1. The summed E-state index contributed by atoms with van der Waals surface area (Å²) in [5, 5.41) is 0.587. The van der Waals surface area contributed by atoms with E-state index in [1.165, 1.54) is 10.5 Å². The molecule has 2 aromatic heterocycles. The minimum absolute atomic E-state index is 0.156. The molecule has 9 heteroatoms. The van der Waals surface area contributed by atoms with Gasteiger partial charge < -0.3 is 14.6 Å². The Morgan fingerprint density at radius 1 is 1.34 bits per heavy atom. The molecular weight excluding hydrogens is 392 g/mol. The summed E-state index contributed by atoms with van der Waals surface area (Å²) in [7, 11) is -3.40. The molecule has 0 radical (unpaired) electrons. The molecule has 2 aliphatic rings. The van der Waals surface area contributed by atoms with Crippen molar-refractivity contribution < 1.29 is 17.9 Å². The van der Waals surface area contributed by atoms with Crippen LogP contribution in [0.25, 0.3) is 11.0 Å². The van der Waals surface area contributed by atoms with E-state index in [1.54, 1.807) is 10.5 Å². The fourth-order valence-corrected chi connectivity index (χ4v) is 5.93. The number of sulfonamides is 1. The summed E-state index contributed by atoms with van der Waals surface area (Å²) in [5.74, 6) is 0.322. The van der Waals surface area contributed by atoms with E-state index in [1.807, 2.05) is 26.1 Å². The number of aromatic amines is 1. The minimum Gasteiger partial charge on any atom is -0.446 e. The number of pyridine rings is 1. The summed E-state index contributed by atoms with van der Waals surface area (Å²) in [5.41, 5.74) is 2.09. The minimum atomic E-state index is -3.40. The van der Waals surface area contributed by atoms with Crippen molar-refractivity contribution in [3.8, 4) is 0 Å². The Morgan fingerprint density at radius 2 is 2.07 bits per heavy atom. The van der Waals surface area contributed by atoms with Gasteiger partial charge in [0.15, 0.2) is 0 Å². The van der Waals surface area contributed by atoms with Crippen molar-refractivity contribution in [2.24, 2.45) is 0 Å². The summed E-state index contributed by atoms with van der Waals surface area (Å²) in [6, 6.07) is 3.98. The molecule has 2 aliphatic heterocycles. The molecule has 8 nitrogen and oxygen atoms in total. The van der Waals surface area contributed by atoms with E-state index in [0.717, 1.165) is 30.3 Å². The Hall–Kier alpha value is -2.13. The van der Waals surface area contributed by atoms with Gasteiger partial charge in [0, 0.05) is 44.0 Å². The van der Waals surface area contributed by atoms with E-state index in [2.05, 4.69) is 16.0 Å². The van der Waals surface area contributed by atoms with Crippen molar-refractivity contribution >= 4 is 27.1 Å². The number of rotatable bonds is 5. The number of hydrogen-bond acceptors (Lipinski definition) is 5. The molecule has 0 aromatic carbocycles. The lowest BCUT2D eigenvalue weighted by Crippen LogP contribution is -2.60. The summed E-state index contributed by atoms with van der Waals surface area (Å²) in [6.07, 6.45) is 5.50. The normalized spacial score (nSPS) is 20.6. The fourth-order valence-electron chi connectivity index (χ4n) is 4.05. The van der Waals surface area contributed by atoms with Crippen LogP contribution in [0.5, 0.6) is 0 Å². The van der Waals surface area contributed by atoms with Gasteiger partial charge in [-0.15, -0.1) is 0 Å². The van der Waals surface area contributed by atoms with E-state index in [4.69, 9.17) is 4.74 Å². The van der Waals surface area contributed by atoms with Crippen LogP contribution < -0.4 is 0 Å². The van der Waals surface area contributed by atoms with Gasteiger partial charge in [-0.2, -0.15) is 0 Å². The smallest absolute Gasteiger partial charge is 0.410 e. The van der Waals surface area contributed by atoms with Gasteiger partial charge in [0.05, 0.1) is 0 Å². The number of nitrogens with one attached hydrogen (secondary N) is 1. The highest BCUT2D eigenvalue weighted by Crippen LogP contribution is 2.34. The number of H-pyrrole nitrogens is 1. The largest absolute Gasteiger partial charge is 0.446 e. The van der Waals surface area contributed by atoms with Crippen LogP contribution in [0.2, 0.25) is 0 Å². The highest BCUT2D eigenvalue weighted by atomic mass is 32.2. The standard InChI is InChI=1S/C20H28N4O4S/c1-3-14(2)28-20(25)23-12-16(13-23)29(26,27)24-9-6-15(7-10-24)18-11-22-19-17(18)5-4-8-21-19/h4-5,8,11,14-16H,3,6-7,9-10,12-13H2,1-2H3,(H,21,22)/t14-/m1/s1. The lowest BCUT2D eigenvalue weighted by atomic mass is 9.90. The maximum absolute atomic E-state index is 13.0. The molecule has 158 valence electrons. The summed E-state index contributed by atoms with van der Waals surface area (Å²) in [6.45, 7) is 5.22. The molecular formula is C20H28N4O4S. The third-order valence-electron chi connectivity index (χ3n) is 6.14. The zero-order chi connectivity index (χ0) is 20.6. The third kappa shape index (κ3) is 3.85. The maximum Gasteiger partial charge on any atom is 0.410 e. The molecule has 0 spiro atoms. The van der Waals surface area contributed by atoms with Crippen molar-refractivity contribution in [3.05, 3.63) is 30.1 Å². The van der Waals surface area contributed by atoms with Crippen molar-refractivity contribution in [2.75, 3.05) is 26.2 Å². The van der Waals surface area contributed by atoms with Crippen molar-refractivity contribution in [3.63, 3.8) is 0 Å². The van der Waals surface area contributed by atoms with Crippen LogP contribution in [0, 0.1) is 0 Å². The van der Waals surface area contributed by atoms with Gasteiger partial charge in [-0.05, 0) is 49.8 Å². The lowest BCUT2D eigenvalue weighted by Gasteiger charge is -2.41. The maximum atomic E-state index is 13.0. The van der Waals surface area contributed by atoms with Gasteiger partial charge >= 0.3 is 6.09 Å². The van der Waals surface area contributed by atoms with Crippen LogP contribution in [0.3, 0.4) is 0 Å². The van der Waals surface area contributed by atoms with Crippen LogP contribution in [-0.4, -0.2) is 71.2 Å². The second kappa shape index (κ2) is 7.95. The molecule has 2 saturated heterocycles. The second-order valence-corrected chi connectivity index (χ2v) is 10.2. The molecule has 0 saturated carbocycles. The number of nitrogens with zero attached hydrogens (tertiary/aromatic N) is 3. The zero-order valence-electron chi connectivity index (χ0n) is 16.9. The Balaban J connectivity index is 1.33. The predicted molar refractivity (Wildman–Crippen MR) is 110 cm³/mol. The molecule has 0 bridgehead atoms. The second-order valence-electron chi connectivity index (χ2n) is 7.99. The van der Waals surface area contributed by atoms with Crippen molar-refractivity contribution in [1.82, 2.24) is 19.2 Å². The van der Waals surface area contributed by atoms with Crippen LogP contribution in [0.4, 0.5) is 4.79 Å². The number of fused-ring (bicyclic) bond motifs is 1. The fraction of sp³-hybridized carbons (Fsp3) is 0.600. The number of piperidine rings is 1. The average molecular weight is 421 g/mol. The first kappa shape index (κ1) is 20.2. The van der Waals surface area contributed by atoms with Crippen LogP contribution in [0.1, 0.15) is 44.6 Å². The topological polar surface area (TPSA) is 95.6 Å². The van der Waals surface area contributed by atoms with Crippen molar-refractivity contribution in [1.29, 1.82) is 0 Å². The monoisotopic (exact) mass is 420 g/mol. The van der Waals surface area contributed by atoms with E-state index in [9.17, 15) is 13.2 Å². The molecule has 2 aromatic rings. The average Bonchev–Trinajstić information content (AvgIpc) is 3.10. The van der Waals surface area contributed by atoms with Gasteiger partial charge in [-0.1, -0.05) is 6.92 Å². The first-order chi connectivity index (χ1) is 13.9. The first-order valence-corrected chi connectivity index (χ1v) is 11.8. The van der Waals surface area contributed by atoms with Gasteiger partial charge in [0.25, 0.3) is 0 Å². The lowest BCUT2D eigenvalue weighted by molar-refractivity contribution is 0.0521. The number of aromatic nitrogens is 2. The number of carbonyl (C=O) groups excluding carboxylic acids is 1. The molecule has 0 aliphatic carbocycles. The molecule has 4 rings (SSSR count). The molecule has 29 heavy (non-hydrogen) atoms. The number of ether oxygens (including phenoxy) is 1. The zero-order valence-corrected chi connectivity index (χ0v) is 17.7. The summed E-state index contributed by atoms with van der Waals surface area (Å²) in [4.78, 5) is 21.0. The van der Waals surface area contributed by atoms with Crippen LogP contribution in [-0.2, 0) is 14.8 Å². The van der Waals surface area contributed by atoms with Gasteiger partial charge in [-0.3, -0.25) is 0 Å². The molecule has 1 N–H and O–H groups in total. The van der Waals surface area contributed by atoms with Crippen molar-refractivity contribution in [2.45, 2.75) is 50.4 Å². The summed E-state index contributed by atoms with van der Waals surface area (Å²) < 4.78 is 32.8. The van der Waals surface area contributed by atoms with Crippen LogP contribution >= 0.6 is 0 Å². The first-order valence-electron chi connectivity index (χ1n) is 10.3. The van der Waals surface area contributed by atoms with Gasteiger partial charge in [0.1, 0.15) is 17.0 Å². The Morgan fingerprint density at radius 3 is 2.76 bits per heavy atom. The number of carbonyl (C=O) groups is 1. The molecule has 4 heterocycles. The quantitative estimate of drug-likeness (QED) is 0.802. The third-order valence-corrected chi connectivity index (χ3v) is 8.37. The number of likely N-dealkylation sites (tertiary alicyclic amines) is 1. The molecule has 2 fully saturated rings. The van der Waals surface area contributed by atoms with E-state index < -0.39 is 21.4 Å². The Kier molecular flexibility index (Phi) is 5.52. The molecule has 1 amide bonds. The summed E-state index contributed by atoms with van der Waals surface area (Å²) >= 11 is 0. The Bertz CT molecular complexity index is 975.